The first-order valence-corrected chi connectivity index (χ1v) is 4.84. The first-order valence-electron chi connectivity index (χ1n) is 4.84. The number of carbonyl (C=O) groups excluding carboxylic acids is 1. The average molecular weight is 190 g/mol. The molecule has 0 radical (unpaired) electrons. The van der Waals surface area contributed by atoms with Crippen molar-refractivity contribution in [3.63, 3.8) is 0 Å². The van der Waals surface area contributed by atoms with Gasteiger partial charge in [0.05, 0.1) is 0 Å². The van der Waals surface area contributed by atoms with Crippen LogP contribution >= 0.6 is 0 Å². The SMILES string of the molecule is NC(=O)c1ccc2c(c1)C[C@@H](N)CC2. The number of rotatable bonds is 1. The normalized spacial score (nSPS) is 20.2. The highest BCUT2D eigenvalue weighted by molar-refractivity contribution is 5.93. The van der Waals surface area contributed by atoms with Crippen molar-refractivity contribution < 1.29 is 4.79 Å². The van der Waals surface area contributed by atoms with Gasteiger partial charge in [-0.1, -0.05) is 6.07 Å². The van der Waals surface area contributed by atoms with Crippen molar-refractivity contribution in [1.29, 1.82) is 0 Å². The Labute approximate surface area is 83.1 Å². The molecule has 1 aliphatic rings. The number of benzene rings is 1. The Morgan fingerprint density at radius 1 is 1.36 bits per heavy atom. The van der Waals surface area contributed by atoms with Crippen molar-refractivity contribution in [3.05, 3.63) is 34.9 Å². The number of aryl methyl sites for hydroxylation is 1. The van der Waals surface area contributed by atoms with E-state index >= 15 is 0 Å². The van der Waals surface area contributed by atoms with Gasteiger partial charge in [0, 0.05) is 11.6 Å². The Kier molecular flexibility index (Phi) is 2.25. The van der Waals surface area contributed by atoms with E-state index in [9.17, 15) is 4.79 Å². The van der Waals surface area contributed by atoms with E-state index in [0.29, 0.717) is 5.56 Å². The quantitative estimate of drug-likeness (QED) is 0.681. The second-order valence-electron chi connectivity index (χ2n) is 3.85. The predicted octanol–water partition coefficient (Wildman–Crippen LogP) is 0.601. The Morgan fingerprint density at radius 2 is 2.14 bits per heavy atom. The molecule has 1 amide bonds. The summed E-state index contributed by atoms with van der Waals surface area (Å²) in [6.07, 6.45) is 2.90. The molecule has 0 heterocycles. The lowest BCUT2D eigenvalue weighted by Gasteiger charge is -2.21. The highest BCUT2D eigenvalue weighted by Crippen LogP contribution is 2.21. The lowest BCUT2D eigenvalue weighted by Crippen LogP contribution is -2.28. The van der Waals surface area contributed by atoms with E-state index in [1.165, 1.54) is 11.1 Å². The summed E-state index contributed by atoms with van der Waals surface area (Å²) in [6.45, 7) is 0. The number of hydrogen-bond donors (Lipinski definition) is 2. The third kappa shape index (κ3) is 1.63. The molecule has 2 rings (SSSR count). The summed E-state index contributed by atoms with van der Waals surface area (Å²) in [5.74, 6) is -0.369. The zero-order valence-corrected chi connectivity index (χ0v) is 7.99. The van der Waals surface area contributed by atoms with Crippen molar-refractivity contribution in [2.75, 3.05) is 0 Å². The number of nitrogens with two attached hydrogens (primary N) is 2. The second kappa shape index (κ2) is 3.42. The van der Waals surface area contributed by atoms with Crippen LogP contribution in [0.2, 0.25) is 0 Å². The van der Waals surface area contributed by atoms with Crippen LogP contribution < -0.4 is 11.5 Å². The van der Waals surface area contributed by atoms with Gasteiger partial charge in [0.25, 0.3) is 0 Å². The molecule has 4 N–H and O–H groups in total. The predicted molar refractivity (Wildman–Crippen MR) is 55.0 cm³/mol. The van der Waals surface area contributed by atoms with E-state index in [1.807, 2.05) is 12.1 Å². The summed E-state index contributed by atoms with van der Waals surface area (Å²) in [5.41, 5.74) is 14.1. The van der Waals surface area contributed by atoms with Gasteiger partial charge in [0.2, 0.25) is 5.91 Å². The van der Waals surface area contributed by atoms with Crippen LogP contribution in [0.5, 0.6) is 0 Å². The molecule has 14 heavy (non-hydrogen) atoms. The number of carbonyl (C=O) groups is 1. The monoisotopic (exact) mass is 190 g/mol. The number of amides is 1. The molecule has 0 aliphatic heterocycles. The lowest BCUT2D eigenvalue weighted by atomic mass is 9.87. The standard InChI is InChI=1S/C11H14N2O/c12-10-4-3-7-1-2-8(11(13)14)5-9(7)6-10/h1-2,5,10H,3-4,6,12H2,(H2,13,14)/t10-/m0/s1. The van der Waals surface area contributed by atoms with Gasteiger partial charge in [-0.2, -0.15) is 0 Å². The first kappa shape index (κ1) is 9.21. The van der Waals surface area contributed by atoms with E-state index in [4.69, 9.17) is 11.5 Å². The minimum absolute atomic E-state index is 0.227. The van der Waals surface area contributed by atoms with Crippen molar-refractivity contribution in [1.82, 2.24) is 0 Å². The molecule has 1 atom stereocenters. The van der Waals surface area contributed by atoms with Crippen molar-refractivity contribution >= 4 is 5.91 Å². The maximum atomic E-state index is 11.0. The number of hydrogen-bond acceptors (Lipinski definition) is 2. The van der Waals surface area contributed by atoms with Crippen LogP contribution in [-0.4, -0.2) is 11.9 Å². The minimum Gasteiger partial charge on any atom is -0.366 e. The maximum absolute atomic E-state index is 11.0. The Balaban J connectivity index is 2.37. The van der Waals surface area contributed by atoms with Gasteiger partial charge in [-0.25, -0.2) is 0 Å². The summed E-state index contributed by atoms with van der Waals surface area (Å²) < 4.78 is 0. The lowest BCUT2D eigenvalue weighted by molar-refractivity contribution is 0.1000. The third-order valence-electron chi connectivity index (χ3n) is 2.76. The fraction of sp³-hybridized carbons (Fsp3) is 0.364. The van der Waals surface area contributed by atoms with Gasteiger partial charge in [-0.3, -0.25) is 4.79 Å². The average Bonchev–Trinajstić information content (AvgIpc) is 2.16. The maximum Gasteiger partial charge on any atom is 0.248 e. The minimum atomic E-state index is -0.369. The summed E-state index contributed by atoms with van der Waals surface area (Å²) in [5, 5.41) is 0. The molecule has 0 saturated carbocycles. The molecule has 74 valence electrons. The van der Waals surface area contributed by atoms with Gasteiger partial charge in [0.15, 0.2) is 0 Å². The molecule has 3 heteroatoms. The van der Waals surface area contributed by atoms with E-state index < -0.39 is 0 Å². The van der Waals surface area contributed by atoms with Crippen LogP contribution in [-0.2, 0) is 12.8 Å². The molecular weight excluding hydrogens is 176 g/mol. The molecule has 1 aromatic rings. The van der Waals surface area contributed by atoms with Crippen molar-refractivity contribution in [2.24, 2.45) is 11.5 Å². The van der Waals surface area contributed by atoms with Crippen LogP contribution in [0.1, 0.15) is 27.9 Å². The molecule has 1 aliphatic carbocycles. The van der Waals surface area contributed by atoms with Crippen LogP contribution in [0.3, 0.4) is 0 Å². The third-order valence-corrected chi connectivity index (χ3v) is 2.76. The Bertz CT molecular complexity index is 374. The summed E-state index contributed by atoms with van der Waals surface area (Å²) in [7, 11) is 0. The fourth-order valence-corrected chi connectivity index (χ4v) is 1.94. The molecule has 0 fully saturated rings. The molecule has 1 aromatic carbocycles. The zero-order chi connectivity index (χ0) is 10.1. The summed E-state index contributed by atoms with van der Waals surface area (Å²) in [4.78, 5) is 11.0. The number of primary amides is 1. The first-order chi connectivity index (χ1) is 6.66. The molecule has 3 nitrogen and oxygen atoms in total. The Morgan fingerprint density at radius 3 is 2.86 bits per heavy atom. The van der Waals surface area contributed by atoms with Crippen LogP contribution in [0.25, 0.3) is 0 Å². The van der Waals surface area contributed by atoms with Crippen molar-refractivity contribution in [3.8, 4) is 0 Å². The Hall–Kier alpha value is -1.35. The van der Waals surface area contributed by atoms with Gasteiger partial charge < -0.3 is 11.5 Å². The van der Waals surface area contributed by atoms with Gasteiger partial charge >= 0.3 is 0 Å². The highest BCUT2D eigenvalue weighted by Gasteiger charge is 2.16. The zero-order valence-electron chi connectivity index (χ0n) is 7.99. The van der Waals surface area contributed by atoms with E-state index in [2.05, 4.69) is 0 Å². The molecule has 0 saturated heterocycles. The smallest absolute Gasteiger partial charge is 0.248 e. The van der Waals surface area contributed by atoms with Gasteiger partial charge in [-0.15, -0.1) is 0 Å². The van der Waals surface area contributed by atoms with Gasteiger partial charge in [-0.05, 0) is 42.5 Å². The van der Waals surface area contributed by atoms with E-state index in [1.54, 1.807) is 6.07 Å². The van der Waals surface area contributed by atoms with Crippen molar-refractivity contribution in [2.45, 2.75) is 25.3 Å². The summed E-state index contributed by atoms with van der Waals surface area (Å²) in [6, 6.07) is 5.88. The molecule has 0 unspecified atom stereocenters. The van der Waals surface area contributed by atoms with Crippen LogP contribution in [0.4, 0.5) is 0 Å². The van der Waals surface area contributed by atoms with E-state index in [-0.39, 0.29) is 11.9 Å². The second-order valence-corrected chi connectivity index (χ2v) is 3.85. The van der Waals surface area contributed by atoms with Crippen LogP contribution in [0, 0.1) is 0 Å². The van der Waals surface area contributed by atoms with Gasteiger partial charge in [0.1, 0.15) is 0 Å². The van der Waals surface area contributed by atoms with Crippen LogP contribution in [0.15, 0.2) is 18.2 Å². The topological polar surface area (TPSA) is 69.1 Å². The highest BCUT2D eigenvalue weighted by atomic mass is 16.1. The van der Waals surface area contributed by atoms with E-state index in [0.717, 1.165) is 19.3 Å². The molecule has 0 aromatic heterocycles. The molecular formula is C11H14N2O. The molecule has 0 spiro atoms. The number of fused-ring (bicyclic) bond motifs is 1. The largest absolute Gasteiger partial charge is 0.366 e. The fourth-order valence-electron chi connectivity index (χ4n) is 1.94. The molecule has 0 bridgehead atoms. The summed E-state index contributed by atoms with van der Waals surface area (Å²) >= 11 is 0.